The molecule has 0 bridgehead atoms. The van der Waals surface area contributed by atoms with Gasteiger partial charge in [-0.3, -0.25) is 4.79 Å². The third-order valence-electron chi connectivity index (χ3n) is 2.70. The zero-order valence-electron chi connectivity index (χ0n) is 10.0. The predicted molar refractivity (Wildman–Crippen MR) is 72.1 cm³/mol. The SMILES string of the molecule is Cc1ccc(N)c(SCCC(=O)NC2CC2)c1. The highest BCUT2D eigenvalue weighted by Gasteiger charge is 2.22. The fourth-order valence-electron chi connectivity index (χ4n) is 1.55. The van der Waals surface area contributed by atoms with Crippen LogP contribution >= 0.6 is 11.8 Å². The first-order chi connectivity index (χ1) is 8.15. The minimum absolute atomic E-state index is 0.159. The van der Waals surface area contributed by atoms with E-state index in [0.29, 0.717) is 12.5 Å². The molecule has 0 atom stereocenters. The Morgan fingerprint density at radius 1 is 1.53 bits per heavy atom. The average molecular weight is 250 g/mol. The Labute approximate surface area is 106 Å². The van der Waals surface area contributed by atoms with Gasteiger partial charge in [-0.2, -0.15) is 0 Å². The second-order valence-electron chi connectivity index (χ2n) is 4.48. The molecule has 0 spiro atoms. The number of nitrogens with two attached hydrogens (primary N) is 1. The molecule has 1 aliphatic carbocycles. The maximum Gasteiger partial charge on any atom is 0.221 e. The van der Waals surface area contributed by atoms with Crippen LogP contribution in [0.1, 0.15) is 24.8 Å². The van der Waals surface area contributed by atoms with Crippen molar-refractivity contribution in [1.29, 1.82) is 0 Å². The minimum Gasteiger partial charge on any atom is -0.398 e. The van der Waals surface area contributed by atoms with E-state index in [-0.39, 0.29) is 5.91 Å². The van der Waals surface area contributed by atoms with Crippen molar-refractivity contribution in [1.82, 2.24) is 5.32 Å². The molecule has 0 aliphatic heterocycles. The van der Waals surface area contributed by atoms with E-state index in [4.69, 9.17) is 5.73 Å². The first kappa shape index (κ1) is 12.3. The van der Waals surface area contributed by atoms with E-state index in [9.17, 15) is 4.79 Å². The molecule has 0 aromatic heterocycles. The maximum absolute atomic E-state index is 11.5. The average Bonchev–Trinajstić information content (AvgIpc) is 3.07. The van der Waals surface area contributed by atoms with Crippen molar-refractivity contribution in [3.05, 3.63) is 23.8 Å². The number of rotatable bonds is 5. The molecule has 0 heterocycles. The molecular formula is C13H18N2OS. The van der Waals surface area contributed by atoms with Crippen molar-refractivity contribution >= 4 is 23.4 Å². The zero-order chi connectivity index (χ0) is 12.3. The lowest BCUT2D eigenvalue weighted by atomic mass is 10.2. The molecule has 1 amide bonds. The molecule has 1 fully saturated rings. The number of benzene rings is 1. The van der Waals surface area contributed by atoms with Gasteiger partial charge in [-0.25, -0.2) is 0 Å². The number of amides is 1. The Morgan fingerprint density at radius 3 is 3.00 bits per heavy atom. The number of carbonyl (C=O) groups excluding carboxylic acids is 1. The zero-order valence-corrected chi connectivity index (χ0v) is 10.8. The Hall–Kier alpha value is -1.16. The fourth-order valence-corrected chi connectivity index (χ4v) is 2.56. The van der Waals surface area contributed by atoms with Gasteiger partial charge in [0, 0.05) is 28.8 Å². The number of carbonyl (C=O) groups is 1. The molecule has 1 saturated carbocycles. The van der Waals surface area contributed by atoms with Gasteiger partial charge in [-0.1, -0.05) is 6.07 Å². The molecule has 1 aromatic carbocycles. The second-order valence-corrected chi connectivity index (χ2v) is 5.62. The lowest BCUT2D eigenvalue weighted by molar-refractivity contribution is -0.120. The Kier molecular flexibility index (Phi) is 3.94. The van der Waals surface area contributed by atoms with Gasteiger partial charge in [0.25, 0.3) is 0 Å². The monoisotopic (exact) mass is 250 g/mol. The van der Waals surface area contributed by atoms with Gasteiger partial charge >= 0.3 is 0 Å². The summed E-state index contributed by atoms with van der Waals surface area (Å²) < 4.78 is 0. The number of hydrogen-bond acceptors (Lipinski definition) is 3. The molecule has 3 nitrogen and oxygen atoms in total. The second kappa shape index (κ2) is 5.45. The topological polar surface area (TPSA) is 55.1 Å². The summed E-state index contributed by atoms with van der Waals surface area (Å²) in [5.41, 5.74) is 7.87. The van der Waals surface area contributed by atoms with Crippen LogP contribution in [-0.4, -0.2) is 17.7 Å². The molecule has 92 valence electrons. The van der Waals surface area contributed by atoms with Crippen LogP contribution in [0.5, 0.6) is 0 Å². The van der Waals surface area contributed by atoms with Crippen LogP contribution in [0.4, 0.5) is 5.69 Å². The highest BCUT2D eigenvalue weighted by atomic mass is 32.2. The lowest BCUT2D eigenvalue weighted by Crippen LogP contribution is -2.25. The van der Waals surface area contributed by atoms with Crippen LogP contribution < -0.4 is 11.1 Å². The number of nitrogens with one attached hydrogen (secondary N) is 1. The smallest absolute Gasteiger partial charge is 0.221 e. The van der Waals surface area contributed by atoms with Gasteiger partial charge in [0.15, 0.2) is 0 Å². The van der Waals surface area contributed by atoms with Crippen LogP contribution in [0, 0.1) is 6.92 Å². The summed E-state index contributed by atoms with van der Waals surface area (Å²) in [4.78, 5) is 12.6. The summed E-state index contributed by atoms with van der Waals surface area (Å²) in [7, 11) is 0. The molecular weight excluding hydrogens is 232 g/mol. The van der Waals surface area contributed by atoms with Gasteiger partial charge in [-0.15, -0.1) is 11.8 Å². The number of thioether (sulfide) groups is 1. The molecule has 4 heteroatoms. The standard InChI is InChI=1S/C13H18N2OS/c1-9-2-5-11(14)12(8-9)17-7-6-13(16)15-10-3-4-10/h2,5,8,10H,3-4,6-7,14H2,1H3,(H,15,16). The summed E-state index contributed by atoms with van der Waals surface area (Å²) >= 11 is 1.65. The lowest BCUT2D eigenvalue weighted by Gasteiger charge is -2.06. The number of aryl methyl sites for hydroxylation is 1. The van der Waals surface area contributed by atoms with E-state index in [0.717, 1.165) is 29.2 Å². The molecule has 1 aromatic rings. The normalized spacial score (nSPS) is 14.6. The van der Waals surface area contributed by atoms with Gasteiger partial charge in [0.1, 0.15) is 0 Å². The Balaban J connectivity index is 1.76. The molecule has 0 unspecified atom stereocenters. The van der Waals surface area contributed by atoms with Crippen LogP contribution in [0.3, 0.4) is 0 Å². The highest BCUT2D eigenvalue weighted by molar-refractivity contribution is 7.99. The molecule has 3 N–H and O–H groups in total. The molecule has 0 radical (unpaired) electrons. The van der Waals surface area contributed by atoms with Crippen molar-refractivity contribution in [2.75, 3.05) is 11.5 Å². The van der Waals surface area contributed by atoms with Crippen LogP contribution in [0.15, 0.2) is 23.1 Å². The van der Waals surface area contributed by atoms with E-state index in [2.05, 4.69) is 11.4 Å². The van der Waals surface area contributed by atoms with Crippen molar-refractivity contribution < 1.29 is 4.79 Å². The summed E-state index contributed by atoms with van der Waals surface area (Å²) in [6.45, 7) is 2.04. The van der Waals surface area contributed by atoms with Gasteiger partial charge in [0.2, 0.25) is 5.91 Å². The van der Waals surface area contributed by atoms with E-state index >= 15 is 0 Å². The minimum atomic E-state index is 0.159. The summed E-state index contributed by atoms with van der Waals surface area (Å²) in [5.74, 6) is 0.942. The number of nitrogen functional groups attached to an aromatic ring is 1. The first-order valence-corrected chi connectivity index (χ1v) is 6.92. The van der Waals surface area contributed by atoms with E-state index in [1.807, 2.05) is 19.1 Å². The van der Waals surface area contributed by atoms with E-state index < -0.39 is 0 Å². The van der Waals surface area contributed by atoms with Gasteiger partial charge in [-0.05, 0) is 37.5 Å². The molecule has 1 aliphatic rings. The van der Waals surface area contributed by atoms with Crippen molar-refractivity contribution in [3.8, 4) is 0 Å². The van der Waals surface area contributed by atoms with Crippen LogP contribution in [0.2, 0.25) is 0 Å². The quantitative estimate of drug-likeness (QED) is 0.623. The van der Waals surface area contributed by atoms with Gasteiger partial charge < -0.3 is 11.1 Å². The van der Waals surface area contributed by atoms with Crippen molar-refractivity contribution in [2.45, 2.75) is 37.1 Å². The third-order valence-corrected chi connectivity index (χ3v) is 3.77. The summed E-state index contributed by atoms with van der Waals surface area (Å²) in [5, 5.41) is 2.98. The largest absolute Gasteiger partial charge is 0.398 e. The fraction of sp³-hybridized carbons (Fsp3) is 0.462. The van der Waals surface area contributed by atoms with E-state index in [1.54, 1.807) is 11.8 Å². The number of hydrogen-bond donors (Lipinski definition) is 2. The van der Waals surface area contributed by atoms with Gasteiger partial charge in [0.05, 0.1) is 0 Å². The van der Waals surface area contributed by atoms with Crippen LogP contribution in [0.25, 0.3) is 0 Å². The molecule has 2 rings (SSSR count). The Bertz CT molecular complexity index is 416. The van der Waals surface area contributed by atoms with Crippen molar-refractivity contribution in [2.24, 2.45) is 0 Å². The van der Waals surface area contributed by atoms with E-state index in [1.165, 1.54) is 5.56 Å². The first-order valence-electron chi connectivity index (χ1n) is 5.93. The highest BCUT2D eigenvalue weighted by Crippen LogP contribution is 2.26. The summed E-state index contributed by atoms with van der Waals surface area (Å²) in [6, 6.07) is 6.44. The Morgan fingerprint density at radius 2 is 2.29 bits per heavy atom. The molecule has 0 saturated heterocycles. The van der Waals surface area contributed by atoms with Crippen molar-refractivity contribution in [3.63, 3.8) is 0 Å². The maximum atomic E-state index is 11.5. The van der Waals surface area contributed by atoms with Crippen LogP contribution in [-0.2, 0) is 4.79 Å². The molecule has 17 heavy (non-hydrogen) atoms. The number of anilines is 1. The summed E-state index contributed by atoms with van der Waals surface area (Å²) in [6.07, 6.45) is 2.85. The third kappa shape index (κ3) is 3.97. The predicted octanol–water partition coefficient (Wildman–Crippen LogP) is 2.34.